The number of hydrogen-bond donors (Lipinski definition) is 1. The monoisotopic (exact) mass is 352 g/mol. The summed E-state index contributed by atoms with van der Waals surface area (Å²) < 4.78 is 7.30. The van der Waals surface area contributed by atoms with Crippen molar-refractivity contribution in [3.63, 3.8) is 0 Å². The zero-order valence-corrected chi connectivity index (χ0v) is 13.8. The predicted molar refractivity (Wildman–Crippen MR) is 94.3 cm³/mol. The fraction of sp³-hybridized carbons (Fsp3) is 0.0588. The van der Waals surface area contributed by atoms with Crippen LogP contribution in [0.5, 0.6) is 5.75 Å². The molecule has 124 valence electrons. The van der Waals surface area contributed by atoms with Gasteiger partial charge in [-0.15, -0.1) is 4.99 Å². The number of benzene rings is 2. The van der Waals surface area contributed by atoms with Gasteiger partial charge in [-0.25, -0.2) is 9.67 Å². The van der Waals surface area contributed by atoms with E-state index in [9.17, 15) is 0 Å². The number of para-hydroxylation sites is 1. The van der Waals surface area contributed by atoms with Gasteiger partial charge in [0.1, 0.15) is 18.4 Å². The van der Waals surface area contributed by atoms with Crippen LogP contribution in [0.1, 0.15) is 5.56 Å². The average Bonchev–Trinajstić information content (AvgIpc) is 3.11. The van der Waals surface area contributed by atoms with Crippen LogP contribution in [-0.4, -0.2) is 20.8 Å². The van der Waals surface area contributed by atoms with Gasteiger partial charge in [-0.1, -0.05) is 35.9 Å². The van der Waals surface area contributed by atoms with Gasteiger partial charge in [0.05, 0.1) is 6.54 Å². The Bertz CT molecular complexity index is 903. The van der Waals surface area contributed by atoms with Gasteiger partial charge in [0.15, 0.2) is 0 Å². The van der Waals surface area contributed by atoms with Crippen molar-refractivity contribution in [2.24, 2.45) is 4.99 Å². The van der Waals surface area contributed by atoms with Crippen molar-refractivity contribution in [2.75, 3.05) is 5.32 Å². The van der Waals surface area contributed by atoms with Crippen LogP contribution in [0.25, 0.3) is 0 Å². The molecule has 1 N–H and O–H groups in total. The van der Waals surface area contributed by atoms with E-state index in [1.165, 1.54) is 6.33 Å². The molecule has 0 amide bonds. The van der Waals surface area contributed by atoms with E-state index >= 15 is 0 Å². The van der Waals surface area contributed by atoms with E-state index in [1.807, 2.05) is 24.3 Å². The maximum Gasteiger partial charge on any atom is 0.310 e. The van der Waals surface area contributed by atoms with Crippen molar-refractivity contribution in [1.82, 2.24) is 14.8 Å². The van der Waals surface area contributed by atoms with Crippen LogP contribution in [-0.2, 0) is 6.54 Å². The molecule has 1 aromatic heterocycles. The summed E-state index contributed by atoms with van der Waals surface area (Å²) in [4.78, 5) is 7.62. The molecule has 2 aromatic carbocycles. The largest absolute Gasteiger partial charge is 0.425 e. The van der Waals surface area contributed by atoms with Gasteiger partial charge in [-0.05, 0) is 29.8 Å². The number of halogens is 1. The van der Waals surface area contributed by atoms with Crippen LogP contribution in [0.2, 0.25) is 5.02 Å². The SMILES string of the molecule is N#C/N=C(/Nc1cc(Cl)ccc1Cn1cncn1)Oc1ccccc1. The highest BCUT2D eigenvalue weighted by molar-refractivity contribution is 6.31. The standard InChI is InChI=1S/C17H13ClN6O/c18-14-7-6-13(9-24-12-20-11-22-24)16(8-14)23-17(21-10-19)25-15-4-2-1-3-5-15/h1-8,11-12H,9H2,(H,21,23). The summed E-state index contributed by atoms with van der Waals surface area (Å²) in [5.41, 5.74) is 1.55. The van der Waals surface area contributed by atoms with Crippen LogP contribution in [0.15, 0.2) is 66.2 Å². The number of anilines is 1. The first kappa shape index (κ1) is 16.5. The third-order valence-corrected chi connectivity index (χ3v) is 3.46. The van der Waals surface area contributed by atoms with E-state index in [2.05, 4.69) is 20.4 Å². The van der Waals surface area contributed by atoms with Crippen LogP contribution in [0, 0.1) is 11.5 Å². The molecule has 0 aliphatic heterocycles. The highest BCUT2D eigenvalue weighted by Gasteiger charge is 2.10. The average molecular weight is 353 g/mol. The van der Waals surface area contributed by atoms with Gasteiger partial charge in [0, 0.05) is 10.7 Å². The second-order valence-corrected chi connectivity index (χ2v) is 5.39. The lowest BCUT2D eigenvalue weighted by Gasteiger charge is -2.14. The maximum atomic E-state index is 8.92. The third-order valence-electron chi connectivity index (χ3n) is 3.22. The smallest absolute Gasteiger partial charge is 0.310 e. The first-order valence-electron chi connectivity index (χ1n) is 7.32. The summed E-state index contributed by atoms with van der Waals surface area (Å²) >= 11 is 6.10. The number of nitriles is 1. The lowest BCUT2D eigenvalue weighted by molar-refractivity contribution is 0.549. The zero-order valence-electron chi connectivity index (χ0n) is 13.0. The van der Waals surface area contributed by atoms with E-state index < -0.39 is 0 Å². The first-order valence-corrected chi connectivity index (χ1v) is 7.70. The molecular formula is C17H13ClN6O. The van der Waals surface area contributed by atoms with Crippen LogP contribution in [0.3, 0.4) is 0 Å². The lowest BCUT2D eigenvalue weighted by atomic mass is 10.2. The van der Waals surface area contributed by atoms with Crippen molar-refractivity contribution in [3.05, 3.63) is 71.8 Å². The van der Waals surface area contributed by atoms with Crippen molar-refractivity contribution in [2.45, 2.75) is 6.54 Å². The molecule has 0 unspecified atom stereocenters. The van der Waals surface area contributed by atoms with Gasteiger partial charge in [-0.2, -0.15) is 10.4 Å². The Morgan fingerprint density at radius 2 is 2.12 bits per heavy atom. The van der Waals surface area contributed by atoms with Crippen molar-refractivity contribution in [3.8, 4) is 11.9 Å². The van der Waals surface area contributed by atoms with Crippen molar-refractivity contribution < 1.29 is 4.74 Å². The molecule has 0 aliphatic carbocycles. The molecule has 8 heteroatoms. The Morgan fingerprint density at radius 1 is 1.28 bits per heavy atom. The minimum absolute atomic E-state index is 0.0517. The molecule has 0 spiro atoms. The molecule has 1 heterocycles. The van der Waals surface area contributed by atoms with Gasteiger partial charge in [0.2, 0.25) is 6.19 Å². The second kappa shape index (κ2) is 7.95. The third kappa shape index (κ3) is 4.56. The molecule has 3 aromatic rings. The molecule has 25 heavy (non-hydrogen) atoms. The van der Waals surface area contributed by atoms with E-state index in [0.29, 0.717) is 23.0 Å². The Hall–Kier alpha value is -3.37. The molecule has 0 fully saturated rings. The number of hydrogen-bond acceptors (Lipinski definition) is 5. The van der Waals surface area contributed by atoms with E-state index in [0.717, 1.165) is 5.56 Å². The molecule has 0 saturated carbocycles. The number of ether oxygens (including phenoxy) is 1. The summed E-state index contributed by atoms with van der Waals surface area (Å²) in [6.07, 6.45) is 4.80. The molecule has 0 radical (unpaired) electrons. The quantitative estimate of drug-likeness (QED) is 0.442. The second-order valence-electron chi connectivity index (χ2n) is 4.95. The number of nitrogens with one attached hydrogen (secondary N) is 1. The van der Waals surface area contributed by atoms with Crippen LogP contribution in [0.4, 0.5) is 5.69 Å². The Morgan fingerprint density at radius 3 is 2.84 bits per heavy atom. The topological polar surface area (TPSA) is 88.1 Å². The number of aliphatic imine (C=N–C) groups is 1. The summed E-state index contributed by atoms with van der Waals surface area (Å²) in [6.45, 7) is 0.477. The Kier molecular flexibility index (Phi) is 5.24. The highest BCUT2D eigenvalue weighted by atomic mass is 35.5. The number of rotatable bonds is 4. The van der Waals surface area contributed by atoms with Crippen molar-refractivity contribution in [1.29, 1.82) is 5.26 Å². The highest BCUT2D eigenvalue weighted by Crippen LogP contribution is 2.22. The maximum absolute atomic E-state index is 8.92. The van der Waals surface area contributed by atoms with Crippen LogP contribution < -0.4 is 10.1 Å². The first-order chi connectivity index (χ1) is 12.2. The summed E-state index contributed by atoms with van der Waals surface area (Å²) in [5, 5.41) is 16.6. The van der Waals surface area contributed by atoms with E-state index in [-0.39, 0.29) is 6.02 Å². The van der Waals surface area contributed by atoms with Gasteiger partial charge < -0.3 is 10.1 Å². The zero-order chi connectivity index (χ0) is 17.5. The van der Waals surface area contributed by atoms with Gasteiger partial charge in [0.25, 0.3) is 0 Å². The predicted octanol–water partition coefficient (Wildman–Crippen LogP) is 3.31. The summed E-state index contributed by atoms with van der Waals surface area (Å²) in [6, 6.07) is 14.5. The van der Waals surface area contributed by atoms with E-state index in [4.69, 9.17) is 21.6 Å². The van der Waals surface area contributed by atoms with Crippen molar-refractivity contribution >= 4 is 23.3 Å². The minimum atomic E-state index is 0.0517. The van der Waals surface area contributed by atoms with Gasteiger partial charge >= 0.3 is 6.02 Å². The molecular weight excluding hydrogens is 340 g/mol. The summed E-state index contributed by atoms with van der Waals surface area (Å²) in [7, 11) is 0. The number of amidine groups is 1. The van der Waals surface area contributed by atoms with Crippen LogP contribution >= 0.6 is 11.6 Å². The van der Waals surface area contributed by atoms with Gasteiger partial charge in [-0.3, -0.25) is 0 Å². The molecule has 0 aliphatic rings. The Labute approximate surface area is 149 Å². The molecule has 3 rings (SSSR count). The molecule has 0 saturated heterocycles. The minimum Gasteiger partial charge on any atom is -0.425 e. The van der Waals surface area contributed by atoms with E-state index in [1.54, 1.807) is 41.5 Å². The fourth-order valence-electron chi connectivity index (χ4n) is 2.13. The lowest BCUT2D eigenvalue weighted by Crippen LogP contribution is -2.20. The summed E-state index contributed by atoms with van der Waals surface area (Å²) in [5.74, 6) is 0.559. The Balaban J connectivity index is 1.85. The molecule has 0 atom stereocenters. The molecule has 0 bridgehead atoms. The number of nitrogens with zero attached hydrogens (tertiary/aromatic N) is 5. The normalized spacial score (nSPS) is 11.0. The fourth-order valence-corrected chi connectivity index (χ4v) is 2.30. The number of aromatic nitrogens is 3. The molecule has 7 nitrogen and oxygen atoms in total.